The van der Waals surface area contributed by atoms with Gasteiger partial charge >= 0.3 is 0 Å². The van der Waals surface area contributed by atoms with Gasteiger partial charge in [-0.3, -0.25) is 4.79 Å². The molecular formula is C15H18N2O2. The van der Waals surface area contributed by atoms with Gasteiger partial charge in [-0.2, -0.15) is 0 Å². The molecule has 1 N–H and O–H groups in total. The molecule has 100 valence electrons. The lowest BCUT2D eigenvalue weighted by Gasteiger charge is -2.30. The van der Waals surface area contributed by atoms with Gasteiger partial charge in [0.15, 0.2) is 0 Å². The van der Waals surface area contributed by atoms with Crippen molar-refractivity contribution in [1.29, 1.82) is 0 Å². The third-order valence-electron chi connectivity index (χ3n) is 3.26. The van der Waals surface area contributed by atoms with Crippen LogP contribution in [-0.2, 0) is 0 Å². The fourth-order valence-corrected chi connectivity index (χ4v) is 2.33. The summed E-state index contributed by atoms with van der Waals surface area (Å²) >= 11 is 0. The second kappa shape index (κ2) is 6.35. The molecule has 2 heterocycles. The second-order valence-corrected chi connectivity index (χ2v) is 4.86. The SMILES string of the molecule is CC1CCCN(C(=O)c2ncccc2C#CCO)C1. The summed E-state index contributed by atoms with van der Waals surface area (Å²) in [7, 11) is 0. The van der Waals surface area contributed by atoms with Crippen LogP contribution in [0.1, 0.15) is 35.8 Å². The van der Waals surface area contributed by atoms with Crippen molar-refractivity contribution in [1.82, 2.24) is 9.88 Å². The molecule has 1 aromatic heterocycles. The number of aliphatic hydroxyl groups excluding tert-OH is 1. The molecule has 0 bridgehead atoms. The van der Waals surface area contributed by atoms with Crippen LogP contribution in [-0.4, -0.2) is 40.6 Å². The van der Waals surface area contributed by atoms with Gasteiger partial charge in [0, 0.05) is 19.3 Å². The van der Waals surface area contributed by atoms with Gasteiger partial charge < -0.3 is 10.0 Å². The minimum absolute atomic E-state index is 0.0608. The number of carbonyl (C=O) groups is 1. The Morgan fingerprint density at radius 3 is 3.21 bits per heavy atom. The lowest BCUT2D eigenvalue weighted by atomic mass is 9.99. The normalized spacial score (nSPS) is 18.6. The van der Waals surface area contributed by atoms with E-state index in [9.17, 15) is 4.79 Å². The van der Waals surface area contributed by atoms with Crippen LogP contribution in [0.2, 0.25) is 0 Å². The molecule has 0 saturated carbocycles. The highest BCUT2D eigenvalue weighted by Gasteiger charge is 2.24. The number of pyridine rings is 1. The zero-order chi connectivity index (χ0) is 13.7. The number of aliphatic hydroxyl groups is 1. The predicted octanol–water partition coefficient (Wildman–Crippen LogP) is 1.30. The second-order valence-electron chi connectivity index (χ2n) is 4.86. The quantitative estimate of drug-likeness (QED) is 0.772. The summed E-state index contributed by atoms with van der Waals surface area (Å²) in [4.78, 5) is 18.5. The van der Waals surface area contributed by atoms with Gasteiger partial charge in [-0.15, -0.1) is 0 Å². The van der Waals surface area contributed by atoms with E-state index in [2.05, 4.69) is 23.7 Å². The summed E-state index contributed by atoms with van der Waals surface area (Å²) in [6.45, 7) is 3.50. The Kier molecular flexibility index (Phi) is 4.53. The first kappa shape index (κ1) is 13.6. The van der Waals surface area contributed by atoms with E-state index in [-0.39, 0.29) is 12.5 Å². The standard InChI is InChI=1S/C15H18N2O2/c1-12-5-3-9-17(11-12)15(19)14-13(7-4-10-18)6-2-8-16-14/h2,6,8,12,18H,3,5,9-11H2,1H3. The molecule has 1 atom stereocenters. The van der Waals surface area contributed by atoms with E-state index in [0.717, 1.165) is 19.5 Å². The molecule has 1 amide bonds. The molecular weight excluding hydrogens is 240 g/mol. The Balaban J connectivity index is 2.23. The van der Waals surface area contributed by atoms with Crippen LogP contribution in [0.4, 0.5) is 0 Å². The number of rotatable bonds is 1. The summed E-state index contributed by atoms with van der Waals surface area (Å²) in [5.41, 5.74) is 0.970. The van der Waals surface area contributed by atoms with Gasteiger partial charge in [-0.05, 0) is 30.9 Å². The van der Waals surface area contributed by atoms with E-state index in [1.165, 1.54) is 6.42 Å². The minimum Gasteiger partial charge on any atom is -0.384 e. The van der Waals surface area contributed by atoms with Crippen molar-refractivity contribution in [3.05, 3.63) is 29.6 Å². The summed E-state index contributed by atoms with van der Waals surface area (Å²) < 4.78 is 0. The number of likely N-dealkylation sites (tertiary alicyclic amines) is 1. The van der Waals surface area contributed by atoms with E-state index in [0.29, 0.717) is 17.2 Å². The Morgan fingerprint density at radius 2 is 2.47 bits per heavy atom. The highest BCUT2D eigenvalue weighted by molar-refractivity contribution is 5.94. The monoisotopic (exact) mass is 258 g/mol. The molecule has 1 unspecified atom stereocenters. The van der Waals surface area contributed by atoms with E-state index in [4.69, 9.17) is 5.11 Å². The van der Waals surface area contributed by atoms with E-state index < -0.39 is 0 Å². The number of nitrogens with zero attached hydrogens (tertiary/aromatic N) is 2. The van der Waals surface area contributed by atoms with Crippen LogP contribution in [0, 0.1) is 17.8 Å². The summed E-state index contributed by atoms with van der Waals surface area (Å²) in [6.07, 6.45) is 3.81. The largest absolute Gasteiger partial charge is 0.384 e. The molecule has 4 nitrogen and oxygen atoms in total. The lowest BCUT2D eigenvalue weighted by molar-refractivity contribution is 0.0677. The van der Waals surface area contributed by atoms with Crippen LogP contribution >= 0.6 is 0 Å². The maximum Gasteiger partial charge on any atom is 0.273 e. The summed E-state index contributed by atoms with van der Waals surface area (Å²) in [5.74, 6) is 5.83. The van der Waals surface area contributed by atoms with E-state index >= 15 is 0 Å². The first-order valence-corrected chi connectivity index (χ1v) is 6.56. The van der Waals surface area contributed by atoms with Gasteiger partial charge in [-0.1, -0.05) is 18.8 Å². The van der Waals surface area contributed by atoms with Gasteiger partial charge in [-0.25, -0.2) is 4.98 Å². The minimum atomic E-state index is -0.219. The molecule has 0 aromatic carbocycles. The number of carbonyl (C=O) groups excluding carboxylic acids is 1. The number of hydrogen-bond donors (Lipinski definition) is 1. The van der Waals surface area contributed by atoms with Gasteiger partial charge in [0.1, 0.15) is 12.3 Å². The Labute approximate surface area is 113 Å². The van der Waals surface area contributed by atoms with Crippen molar-refractivity contribution in [2.45, 2.75) is 19.8 Å². The van der Waals surface area contributed by atoms with Crippen LogP contribution in [0.15, 0.2) is 18.3 Å². The van der Waals surface area contributed by atoms with Crippen molar-refractivity contribution in [2.75, 3.05) is 19.7 Å². The first-order chi connectivity index (χ1) is 9.22. The molecule has 4 heteroatoms. The molecule has 2 rings (SSSR count). The van der Waals surface area contributed by atoms with Crippen molar-refractivity contribution in [2.24, 2.45) is 5.92 Å². The van der Waals surface area contributed by atoms with Crippen molar-refractivity contribution in [3.63, 3.8) is 0 Å². The molecule has 0 aliphatic carbocycles. The molecule has 0 radical (unpaired) electrons. The molecule has 1 saturated heterocycles. The van der Waals surface area contributed by atoms with Gasteiger partial charge in [0.25, 0.3) is 5.91 Å². The maximum absolute atomic E-state index is 12.5. The zero-order valence-corrected chi connectivity index (χ0v) is 11.1. The van der Waals surface area contributed by atoms with Crippen LogP contribution in [0.3, 0.4) is 0 Å². The number of amides is 1. The Morgan fingerprint density at radius 1 is 1.63 bits per heavy atom. The molecule has 1 fully saturated rings. The lowest BCUT2D eigenvalue weighted by Crippen LogP contribution is -2.39. The highest BCUT2D eigenvalue weighted by atomic mass is 16.2. The maximum atomic E-state index is 12.5. The average Bonchev–Trinajstić information content (AvgIpc) is 2.44. The number of aromatic nitrogens is 1. The number of piperidine rings is 1. The first-order valence-electron chi connectivity index (χ1n) is 6.56. The number of hydrogen-bond acceptors (Lipinski definition) is 3. The van der Waals surface area contributed by atoms with E-state index in [1.54, 1.807) is 18.3 Å². The third kappa shape index (κ3) is 3.33. The highest BCUT2D eigenvalue weighted by Crippen LogP contribution is 2.18. The topological polar surface area (TPSA) is 53.4 Å². The summed E-state index contributed by atoms with van der Waals surface area (Å²) in [6, 6.07) is 3.51. The average molecular weight is 258 g/mol. The van der Waals surface area contributed by atoms with Crippen molar-refractivity contribution in [3.8, 4) is 11.8 Å². The third-order valence-corrected chi connectivity index (χ3v) is 3.26. The zero-order valence-electron chi connectivity index (χ0n) is 11.1. The van der Waals surface area contributed by atoms with Gasteiger partial charge in [0.2, 0.25) is 0 Å². The van der Waals surface area contributed by atoms with Crippen molar-refractivity contribution < 1.29 is 9.90 Å². The fourth-order valence-electron chi connectivity index (χ4n) is 2.33. The molecule has 1 aromatic rings. The van der Waals surface area contributed by atoms with Crippen LogP contribution in [0.25, 0.3) is 0 Å². The predicted molar refractivity (Wildman–Crippen MR) is 72.5 cm³/mol. The molecule has 1 aliphatic heterocycles. The summed E-state index contributed by atoms with van der Waals surface area (Å²) in [5, 5.41) is 8.75. The molecule has 1 aliphatic rings. The van der Waals surface area contributed by atoms with E-state index in [1.807, 2.05) is 4.90 Å². The van der Waals surface area contributed by atoms with Crippen LogP contribution in [0.5, 0.6) is 0 Å². The molecule has 19 heavy (non-hydrogen) atoms. The molecule has 0 spiro atoms. The fraction of sp³-hybridized carbons (Fsp3) is 0.467. The Hall–Kier alpha value is -1.86. The smallest absolute Gasteiger partial charge is 0.273 e. The van der Waals surface area contributed by atoms with Crippen molar-refractivity contribution >= 4 is 5.91 Å². The van der Waals surface area contributed by atoms with Gasteiger partial charge in [0.05, 0.1) is 5.56 Å². The van der Waals surface area contributed by atoms with Crippen LogP contribution < -0.4 is 0 Å². The Bertz CT molecular complexity index is 516.